The second-order valence-electron chi connectivity index (χ2n) is 6.03. The van der Waals surface area contributed by atoms with Crippen LogP contribution < -0.4 is 10.7 Å². The van der Waals surface area contributed by atoms with E-state index >= 15 is 0 Å². The molecule has 6 heteroatoms. The number of nitrogens with one attached hydrogen (secondary N) is 2. The molecule has 0 aliphatic rings. The van der Waals surface area contributed by atoms with Gasteiger partial charge in [-0.1, -0.05) is 26.0 Å². The van der Waals surface area contributed by atoms with Crippen LogP contribution in [0.15, 0.2) is 53.9 Å². The van der Waals surface area contributed by atoms with Gasteiger partial charge in [-0.25, -0.2) is 5.43 Å². The first kappa shape index (κ1) is 18.3. The molecule has 0 spiro atoms. The fourth-order valence-corrected chi connectivity index (χ4v) is 2.14. The minimum Gasteiger partial charge on any atom is -0.326 e. The van der Waals surface area contributed by atoms with Crippen LogP contribution in [0.25, 0.3) is 0 Å². The lowest BCUT2D eigenvalue weighted by Gasteiger charge is -2.08. The highest BCUT2D eigenvalue weighted by Crippen LogP contribution is 2.17. The van der Waals surface area contributed by atoms with E-state index in [1.54, 1.807) is 25.3 Å². The molecule has 6 nitrogen and oxygen atoms in total. The van der Waals surface area contributed by atoms with Crippen molar-refractivity contribution in [1.82, 2.24) is 10.4 Å². The summed E-state index contributed by atoms with van der Waals surface area (Å²) < 4.78 is 0. The Hall–Kier alpha value is -3.02. The van der Waals surface area contributed by atoms with E-state index in [0.717, 1.165) is 5.69 Å². The van der Waals surface area contributed by atoms with Gasteiger partial charge in [0.25, 0.3) is 5.91 Å². The summed E-state index contributed by atoms with van der Waals surface area (Å²) in [7, 11) is 0. The van der Waals surface area contributed by atoms with Gasteiger partial charge < -0.3 is 5.32 Å². The Morgan fingerprint density at radius 3 is 2.48 bits per heavy atom. The van der Waals surface area contributed by atoms with Crippen LogP contribution in [-0.4, -0.2) is 22.5 Å². The molecule has 130 valence electrons. The van der Waals surface area contributed by atoms with Crippen LogP contribution in [-0.2, 0) is 4.79 Å². The maximum absolute atomic E-state index is 12.0. The van der Waals surface area contributed by atoms with Crippen molar-refractivity contribution in [3.05, 3.63) is 59.9 Å². The van der Waals surface area contributed by atoms with Gasteiger partial charge in [0.1, 0.15) is 0 Å². The number of hydrazone groups is 1. The van der Waals surface area contributed by atoms with E-state index in [9.17, 15) is 9.59 Å². The molecule has 0 fully saturated rings. The number of hydrogen-bond acceptors (Lipinski definition) is 4. The largest absolute Gasteiger partial charge is 0.326 e. The average molecular weight is 338 g/mol. The van der Waals surface area contributed by atoms with Crippen LogP contribution in [0.5, 0.6) is 0 Å². The van der Waals surface area contributed by atoms with E-state index in [0.29, 0.717) is 17.2 Å². The summed E-state index contributed by atoms with van der Waals surface area (Å²) in [6.07, 6.45) is 3.14. The molecule has 2 N–H and O–H groups in total. The number of amides is 2. The van der Waals surface area contributed by atoms with E-state index in [4.69, 9.17) is 0 Å². The Morgan fingerprint density at radius 1 is 1.16 bits per heavy atom. The fraction of sp³-hybridized carbons (Fsp3) is 0.263. The lowest BCUT2D eigenvalue weighted by molar-refractivity contribution is -0.115. The van der Waals surface area contributed by atoms with Crippen LogP contribution in [0.3, 0.4) is 0 Å². The van der Waals surface area contributed by atoms with Gasteiger partial charge in [0.2, 0.25) is 5.91 Å². The molecule has 2 rings (SSSR count). The molecule has 0 aliphatic heterocycles. The van der Waals surface area contributed by atoms with Gasteiger partial charge in [-0.15, -0.1) is 0 Å². The molecule has 25 heavy (non-hydrogen) atoms. The first-order valence-corrected chi connectivity index (χ1v) is 8.09. The Labute approximate surface area is 147 Å². The van der Waals surface area contributed by atoms with Crippen LogP contribution in [0, 0.1) is 0 Å². The summed E-state index contributed by atoms with van der Waals surface area (Å²) in [6, 6.07) is 11.1. The smallest absolute Gasteiger partial charge is 0.272 e. The van der Waals surface area contributed by atoms with Crippen molar-refractivity contribution in [3.8, 4) is 0 Å². The summed E-state index contributed by atoms with van der Waals surface area (Å²) in [4.78, 5) is 27.8. The number of pyridine rings is 1. The summed E-state index contributed by atoms with van der Waals surface area (Å²) in [5.41, 5.74) is 5.29. The lowest BCUT2D eigenvalue weighted by atomic mass is 10.0. The number of nitrogens with zero attached hydrogens (tertiary/aromatic N) is 2. The second-order valence-corrected chi connectivity index (χ2v) is 6.03. The number of aromatic nitrogens is 1. The molecule has 0 saturated carbocycles. The number of benzene rings is 1. The SMILES string of the molecule is C/C(CC(=O)Nc1ccc(C(C)C)cc1)=N\NC(=O)c1cccnc1. The standard InChI is InChI=1S/C19H22N4O2/c1-13(2)15-6-8-17(9-7-15)21-18(24)11-14(3)22-23-19(25)16-5-4-10-20-12-16/h4-10,12-13H,11H2,1-3H3,(H,21,24)(H,23,25)/b22-14+. The Kier molecular flexibility index (Phi) is 6.39. The van der Waals surface area contributed by atoms with Crippen LogP contribution in [0.1, 0.15) is 49.0 Å². The monoisotopic (exact) mass is 338 g/mol. The molecule has 0 unspecified atom stereocenters. The van der Waals surface area contributed by atoms with E-state index in [1.807, 2.05) is 24.3 Å². The van der Waals surface area contributed by atoms with Crippen molar-refractivity contribution in [2.45, 2.75) is 33.1 Å². The van der Waals surface area contributed by atoms with Gasteiger partial charge in [-0.3, -0.25) is 14.6 Å². The molecule has 2 aromatic rings. The van der Waals surface area contributed by atoms with Crippen molar-refractivity contribution < 1.29 is 9.59 Å². The first-order valence-electron chi connectivity index (χ1n) is 8.09. The summed E-state index contributed by atoms with van der Waals surface area (Å²) in [5, 5.41) is 6.76. The van der Waals surface area contributed by atoms with E-state index in [2.05, 4.69) is 34.7 Å². The molecule has 1 aromatic carbocycles. The predicted octanol–water partition coefficient (Wildman–Crippen LogP) is 3.34. The van der Waals surface area contributed by atoms with Gasteiger partial charge in [0.05, 0.1) is 12.0 Å². The number of rotatable bonds is 6. The maximum atomic E-state index is 12.0. The van der Waals surface area contributed by atoms with Crippen molar-refractivity contribution in [2.24, 2.45) is 5.10 Å². The average Bonchev–Trinajstić information content (AvgIpc) is 2.60. The van der Waals surface area contributed by atoms with E-state index < -0.39 is 0 Å². The maximum Gasteiger partial charge on any atom is 0.272 e. The van der Waals surface area contributed by atoms with Crippen molar-refractivity contribution in [1.29, 1.82) is 0 Å². The summed E-state index contributed by atoms with van der Waals surface area (Å²) >= 11 is 0. The number of hydrogen-bond donors (Lipinski definition) is 2. The quantitative estimate of drug-likeness (QED) is 0.626. The number of carbonyl (C=O) groups is 2. The highest BCUT2D eigenvalue weighted by molar-refractivity contribution is 6.06. The molecule has 0 bridgehead atoms. The Bertz CT molecular complexity index is 753. The summed E-state index contributed by atoms with van der Waals surface area (Å²) in [5.74, 6) is -0.103. The zero-order valence-corrected chi connectivity index (χ0v) is 14.6. The first-order chi connectivity index (χ1) is 12.0. The number of anilines is 1. The zero-order valence-electron chi connectivity index (χ0n) is 14.6. The van der Waals surface area contributed by atoms with Crippen molar-refractivity contribution in [3.63, 3.8) is 0 Å². The molecule has 0 aliphatic carbocycles. The predicted molar refractivity (Wildman–Crippen MR) is 98.6 cm³/mol. The molecule has 1 heterocycles. The third-order valence-corrected chi connectivity index (χ3v) is 3.55. The number of carbonyl (C=O) groups excluding carboxylic acids is 2. The van der Waals surface area contributed by atoms with Crippen LogP contribution in [0.4, 0.5) is 5.69 Å². The highest BCUT2D eigenvalue weighted by atomic mass is 16.2. The van der Waals surface area contributed by atoms with Crippen LogP contribution >= 0.6 is 0 Å². The molecule has 1 aromatic heterocycles. The molecule has 0 radical (unpaired) electrons. The minimum absolute atomic E-state index is 0.0965. The van der Waals surface area contributed by atoms with Gasteiger partial charge in [-0.2, -0.15) is 5.10 Å². The topological polar surface area (TPSA) is 83.5 Å². The molecular weight excluding hydrogens is 316 g/mol. The van der Waals surface area contributed by atoms with Crippen LogP contribution in [0.2, 0.25) is 0 Å². The van der Waals surface area contributed by atoms with Crippen molar-refractivity contribution >= 4 is 23.2 Å². The molecule has 2 amide bonds. The Morgan fingerprint density at radius 2 is 1.88 bits per heavy atom. The fourth-order valence-electron chi connectivity index (χ4n) is 2.14. The molecular formula is C19H22N4O2. The van der Waals surface area contributed by atoms with Gasteiger partial charge in [-0.05, 0) is 42.7 Å². The van der Waals surface area contributed by atoms with Gasteiger partial charge in [0.15, 0.2) is 0 Å². The lowest BCUT2D eigenvalue weighted by Crippen LogP contribution is -2.21. The molecule has 0 atom stereocenters. The van der Waals surface area contributed by atoms with Gasteiger partial charge >= 0.3 is 0 Å². The highest BCUT2D eigenvalue weighted by Gasteiger charge is 2.07. The molecule has 0 saturated heterocycles. The normalized spacial score (nSPS) is 11.3. The third kappa shape index (κ3) is 5.84. The van der Waals surface area contributed by atoms with E-state index in [1.165, 1.54) is 11.8 Å². The Balaban J connectivity index is 1.85. The van der Waals surface area contributed by atoms with E-state index in [-0.39, 0.29) is 18.2 Å². The van der Waals surface area contributed by atoms with Gasteiger partial charge in [0, 0.05) is 23.8 Å². The minimum atomic E-state index is -0.364. The second kappa shape index (κ2) is 8.73. The zero-order chi connectivity index (χ0) is 18.2. The summed E-state index contributed by atoms with van der Waals surface area (Å²) in [6.45, 7) is 5.92. The van der Waals surface area contributed by atoms with Crippen molar-refractivity contribution in [2.75, 3.05) is 5.32 Å². The third-order valence-electron chi connectivity index (χ3n) is 3.55.